The number of nitrogens with zero attached hydrogens (tertiary/aromatic N) is 2. The first kappa shape index (κ1) is 15.4. The summed E-state index contributed by atoms with van der Waals surface area (Å²) in [5, 5.41) is 10.5. The molecule has 3 aromatic rings. The molecule has 1 amide bonds. The van der Waals surface area contributed by atoms with Gasteiger partial charge in [-0.1, -0.05) is 12.1 Å². The van der Waals surface area contributed by atoms with E-state index in [1.54, 1.807) is 19.1 Å². The fraction of sp³-hybridized carbons (Fsp3) is 0.188. The Bertz CT molecular complexity index is 838. The minimum absolute atomic E-state index is 0.188. The van der Waals surface area contributed by atoms with E-state index < -0.39 is 0 Å². The number of amides is 1. The van der Waals surface area contributed by atoms with Crippen LogP contribution in [0.4, 0.5) is 4.39 Å². The molecule has 0 spiro atoms. The summed E-state index contributed by atoms with van der Waals surface area (Å²) in [6, 6.07) is 7.93. The average molecular weight is 330 g/mol. The lowest BCUT2D eigenvalue weighted by molar-refractivity contribution is 0.0954. The van der Waals surface area contributed by atoms with E-state index in [1.807, 2.05) is 13.0 Å². The summed E-state index contributed by atoms with van der Waals surface area (Å²) >= 11 is 1.32. The number of benzene rings is 1. The minimum atomic E-state index is -0.294. The van der Waals surface area contributed by atoms with Gasteiger partial charge in [-0.2, -0.15) is 5.10 Å². The van der Waals surface area contributed by atoms with Crippen molar-refractivity contribution in [3.05, 3.63) is 58.0 Å². The summed E-state index contributed by atoms with van der Waals surface area (Å²) in [6.07, 6.45) is 0. The zero-order valence-electron chi connectivity index (χ0n) is 12.7. The summed E-state index contributed by atoms with van der Waals surface area (Å²) in [7, 11) is 0. The average Bonchev–Trinajstić information content (AvgIpc) is 3.12. The molecule has 0 atom stereocenters. The second-order valence-corrected chi connectivity index (χ2v) is 6.16. The van der Waals surface area contributed by atoms with Gasteiger partial charge in [-0.05, 0) is 37.6 Å². The van der Waals surface area contributed by atoms with Crippen molar-refractivity contribution in [3.63, 3.8) is 0 Å². The number of aromatic amines is 1. The van der Waals surface area contributed by atoms with Crippen molar-refractivity contribution in [1.29, 1.82) is 0 Å². The van der Waals surface area contributed by atoms with Crippen LogP contribution in [0.15, 0.2) is 30.3 Å². The van der Waals surface area contributed by atoms with Crippen LogP contribution in [0.5, 0.6) is 0 Å². The number of rotatable bonds is 4. The summed E-state index contributed by atoms with van der Waals surface area (Å²) in [6.45, 7) is 4.03. The van der Waals surface area contributed by atoms with Crippen molar-refractivity contribution >= 4 is 17.2 Å². The Morgan fingerprint density at radius 3 is 2.70 bits per heavy atom. The van der Waals surface area contributed by atoms with Gasteiger partial charge in [-0.15, -0.1) is 11.3 Å². The van der Waals surface area contributed by atoms with E-state index in [-0.39, 0.29) is 11.7 Å². The molecule has 0 unspecified atom stereocenters. The highest BCUT2D eigenvalue weighted by molar-refractivity contribution is 7.17. The van der Waals surface area contributed by atoms with Gasteiger partial charge in [-0.25, -0.2) is 9.37 Å². The lowest BCUT2D eigenvalue weighted by atomic mass is 10.2. The molecule has 0 saturated heterocycles. The van der Waals surface area contributed by atoms with Crippen LogP contribution in [0.1, 0.15) is 26.6 Å². The molecule has 0 aliphatic carbocycles. The first-order valence-corrected chi connectivity index (χ1v) is 7.87. The maximum Gasteiger partial charge on any atom is 0.263 e. The van der Waals surface area contributed by atoms with Gasteiger partial charge in [0.15, 0.2) is 0 Å². The largest absolute Gasteiger partial charge is 0.347 e. The summed E-state index contributed by atoms with van der Waals surface area (Å²) in [4.78, 5) is 17.3. The van der Waals surface area contributed by atoms with Crippen LogP contribution >= 0.6 is 11.3 Å². The Kier molecular flexibility index (Phi) is 4.20. The zero-order valence-corrected chi connectivity index (χ0v) is 13.5. The van der Waals surface area contributed by atoms with E-state index in [2.05, 4.69) is 20.5 Å². The van der Waals surface area contributed by atoms with Gasteiger partial charge < -0.3 is 5.32 Å². The molecule has 0 aliphatic rings. The van der Waals surface area contributed by atoms with Gasteiger partial charge in [0, 0.05) is 6.54 Å². The summed E-state index contributed by atoms with van der Waals surface area (Å²) in [5.41, 5.74) is 3.18. The normalized spacial score (nSPS) is 10.7. The molecular formula is C16H15FN4OS. The Hall–Kier alpha value is -2.54. The molecule has 118 valence electrons. The summed E-state index contributed by atoms with van der Waals surface area (Å²) in [5.74, 6) is -0.482. The van der Waals surface area contributed by atoms with Gasteiger partial charge in [0.1, 0.15) is 15.7 Å². The second kappa shape index (κ2) is 6.29. The quantitative estimate of drug-likeness (QED) is 0.771. The molecule has 1 aromatic carbocycles. The Balaban J connectivity index is 1.72. The first-order chi connectivity index (χ1) is 11.0. The van der Waals surface area contributed by atoms with Crippen molar-refractivity contribution in [3.8, 4) is 10.7 Å². The number of H-pyrrole nitrogens is 1. The SMILES string of the molecule is Cc1cc(-c2nc(C)c(C(=O)NCc3ccc(F)cc3)s2)[nH]n1. The van der Waals surface area contributed by atoms with E-state index in [1.165, 1.54) is 23.5 Å². The molecule has 5 nitrogen and oxygen atoms in total. The number of nitrogens with one attached hydrogen (secondary N) is 2. The van der Waals surface area contributed by atoms with E-state index in [4.69, 9.17) is 0 Å². The second-order valence-electron chi connectivity index (χ2n) is 5.17. The summed E-state index contributed by atoms with van der Waals surface area (Å²) < 4.78 is 12.9. The topological polar surface area (TPSA) is 70.7 Å². The fourth-order valence-electron chi connectivity index (χ4n) is 2.12. The van der Waals surface area contributed by atoms with Crippen LogP contribution in [-0.4, -0.2) is 21.1 Å². The van der Waals surface area contributed by atoms with E-state index in [0.29, 0.717) is 17.1 Å². The molecule has 0 aliphatic heterocycles. The molecule has 2 N–H and O–H groups in total. The standard InChI is InChI=1S/C16H15FN4OS/c1-9-7-13(21-20-9)16-19-10(2)14(23-16)15(22)18-8-11-3-5-12(17)6-4-11/h3-7H,8H2,1-2H3,(H,18,22)(H,20,21). The molecule has 23 heavy (non-hydrogen) atoms. The molecule has 2 heterocycles. The molecular weight excluding hydrogens is 315 g/mol. The van der Waals surface area contributed by atoms with Gasteiger partial charge >= 0.3 is 0 Å². The molecule has 0 saturated carbocycles. The number of halogens is 1. The third kappa shape index (κ3) is 3.45. The third-order valence-corrected chi connectivity index (χ3v) is 4.49. The lowest BCUT2D eigenvalue weighted by Gasteiger charge is -2.04. The van der Waals surface area contributed by atoms with E-state index in [9.17, 15) is 9.18 Å². The fourth-order valence-corrected chi connectivity index (χ4v) is 3.07. The van der Waals surface area contributed by atoms with Crippen molar-refractivity contribution in [2.24, 2.45) is 0 Å². The Morgan fingerprint density at radius 1 is 1.30 bits per heavy atom. The van der Waals surface area contributed by atoms with E-state index >= 15 is 0 Å². The van der Waals surface area contributed by atoms with Crippen LogP contribution < -0.4 is 5.32 Å². The number of carbonyl (C=O) groups is 1. The van der Waals surface area contributed by atoms with Crippen LogP contribution in [0.3, 0.4) is 0 Å². The van der Waals surface area contributed by atoms with Crippen LogP contribution in [0.2, 0.25) is 0 Å². The number of hydrogen-bond donors (Lipinski definition) is 2. The van der Waals surface area contributed by atoms with Crippen molar-refractivity contribution in [2.75, 3.05) is 0 Å². The zero-order chi connectivity index (χ0) is 16.4. The monoisotopic (exact) mass is 330 g/mol. The van der Waals surface area contributed by atoms with Crippen molar-refractivity contribution < 1.29 is 9.18 Å². The van der Waals surface area contributed by atoms with Gasteiger partial charge in [-0.3, -0.25) is 9.89 Å². The molecule has 7 heteroatoms. The number of aromatic nitrogens is 3. The van der Waals surface area contributed by atoms with Gasteiger partial charge in [0.2, 0.25) is 0 Å². The van der Waals surface area contributed by atoms with Gasteiger partial charge in [0.05, 0.1) is 17.1 Å². The predicted molar refractivity (Wildman–Crippen MR) is 86.7 cm³/mol. The smallest absolute Gasteiger partial charge is 0.263 e. The highest BCUT2D eigenvalue weighted by atomic mass is 32.1. The van der Waals surface area contributed by atoms with Crippen molar-refractivity contribution in [2.45, 2.75) is 20.4 Å². The minimum Gasteiger partial charge on any atom is -0.347 e. The van der Waals surface area contributed by atoms with Crippen LogP contribution in [0, 0.1) is 19.7 Å². The number of aryl methyl sites for hydroxylation is 2. The number of hydrogen-bond acceptors (Lipinski definition) is 4. The Morgan fingerprint density at radius 2 is 2.04 bits per heavy atom. The Labute approximate surface area is 136 Å². The molecule has 0 fully saturated rings. The number of thiazole rings is 1. The highest BCUT2D eigenvalue weighted by Gasteiger charge is 2.17. The molecule has 0 radical (unpaired) electrons. The highest BCUT2D eigenvalue weighted by Crippen LogP contribution is 2.26. The maximum absolute atomic E-state index is 12.9. The molecule has 3 rings (SSSR count). The molecule has 2 aromatic heterocycles. The number of carbonyl (C=O) groups excluding carboxylic acids is 1. The lowest BCUT2D eigenvalue weighted by Crippen LogP contribution is -2.22. The predicted octanol–water partition coefficient (Wildman–Crippen LogP) is 3.22. The van der Waals surface area contributed by atoms with Gasteiger partial charge in [0.25, 0.3) is 5.91 Å². The maximum atomic E-state index is 12.9. The van der Waals surface area contributed by atoms with Crippen molar-refractivity contribution in [1.82, 2.24) is 20.5 Å². The van der Waals surface area contributed by atoms with E-state index in [0.717, 1.165) is 22.0 Å². The molecule has 0 bridgehead atoms. The van der Waals surface area contributed by atoms with Crippen LogP contribution in [0.25, 0.3) is 10.7 Å². The van der Waals surface area contributed by atoms with Crippen LogP contribution in [-0.2, 0) is 6.54 Å². The first-order valence-electron chi connectivity index (χ1n) is 7.05. The third-order valence-electron chi connectivity index (χ3n) is 3.31.